The highest BCUT2D eigenvalue weighted by Crippen LogP contribution is 2.19. The van der Waals surface area contributed by atoms with Crippen LogP contribution in [-0.4, -0.2) is 23.2 Å². The molecule has 3 nitrogen and oxygen atoms in total. The van der Waals surface area contributed by atoms with Crippen LogP contribution >= 0.6 is 0 Å². The van der Waals surface area contributed by atoms with Gasteiger partial charge in [-0.25, -0.2) is 0 Å². The van der Waals surface area contributed by atoms with Crippen molar-refractivity contribution in [2.24, 2.45) is 0 Å². The predicted molar refractivity (Wildman–Crippen MR) is 63.1 cm³/mol. The van der Waals surface area contributed by atoms with Crippen LogP contribution in [0.25, 0.3) is 0 Å². The molecule has 0 aliphatic carbocycles. The van der Waals surface area contributed by atoms with Gasteiger partial charge in [0.15, 0.2) is 0 Å². The standard InChI is InChI=1S/C12H25NO2/c1-4-6-7-8-9-12(3,13-5-2)10-11(14)15/h13H,4-10H2,1-3H3,(H,14,15). The van der Waals surface area contributed by atoms with Crippen LogP contribution < -0.4 is 5.32 Å². The molecule has 0 radical (unpaired) electrons. The van der Waals surface area contributed by atoms with Gasteiger partial charge in [-0.2, -0.15) is 0 Å². The van der Waals surface area contributed by atoms with E-state index in [0.717, 1.165) is 19.4 Å². The Morgan fingerprint density at radius 2 is 1.93 bits per heavy atom. The Balaban J connectivity index is 3.95. The molecule has 0 aromatic rings. The monoisotopic (exact) mass is 215 g/mol. The second-order valence-corrected chi connectivity index (χ2v) is 4.47. The molecule has 0 bridgehead atoms. The van der Waals surface area contributed by atoms with Gasteiger partial charge >= 0.3 is 5.97 Å². The lowest BCUT2D eigenvalue weighted by atomic mass is 9.90. The normalized spacial score (nSPS) is 14.9. The summed E-state index contributed by atoms with van der Waals surface area (Å²) >= 11 is 0. The van der Waals surface area contributed by atoms with E-state index in [1.165, 1.54) is 19.3 Å². The van der Waals surface area contributed by atoms with Crippen molar-refractivity contribution >= 4 is 5.97 Å². The lowest BCUT2D eigenvalue weighted by Crippen LogP contribution is -2.44. The number of hydrogen-bond donors (Lipinski definition) is 2. The smallest absolute Gasteiger partial charge is 0.305 e. The largest absolute Gasteiger partial charge is 0.481 e. The van der Waals surface area contributed by atoms with E-state index in [1.54, 1.807) is 0 Å². The third-order valence-corrected chi connectivity index (χ3v) is 2.73. The highest BCUT2D eigenvalue weighted by Gasteiger charge is 2.25. The van der Waals surface area contributed by atoms with Crippen molar-refractivity contribution in [1.29, 1.82) is 0 Å². The average Bonchev–Trinajstić information content (AvgIpc) is 2.11. The molecule has 90 valence electrons. The van der Waals surface area contributed by atoms with Gasteiger partial charge in [-0.1, -0.05) is 39.5 Å². The first kappa shape index (κ1) is 14.4. The summed E-state index contributed by atoms with van der Waals surface area (Å²) in [7, 11) is 0. The first-order chi connectivity index (χ1) is 7.04. The summed E-state index contributed by atoms with van der Waals surface area (Å²) in [6.45, 7) is 7.04. The fraction of sp³-hybridized carbons (Fsp3) is 0.917. The molecule has 0 aromatic carbocycles. The lowest BCUT2D eigenvalue weighted by Gasteiger charge is -2.29. The van der Waals surface area contributed by atoms with E-state index in [2.05, 4.69) is 12.2 Å². The minimum atomic E-state index is -0.714. The van der Waals surface area contributed by atoms with E-state index in [1.807, 2.05) is 13.8 Å². The molecule has 1 atom stereocenters. The number of nitrogens with one attached hydrogen (secondary N) is 1. The van der Waals surface area contributed by atoms with Gasteiger partial charge in [0.25, 0.3) is 0 Å². The molecule has 2 N–H and O–H groups in total. The van der Waals surface area contributed by atoms with Gasteiger partial charge in [0.2, 0.25) is 0 Å². The number of carbonyl (C=O) groups is 1. The van der Waals surface area contributed by atoms with E-state index in [-0.39, 0.29) is 12.0 Å². The molecule has 0 spiro atoms. The molecule has 3 heteroatoms. The minimum absolute atomic E-state index is 0.215. The average molecular weight is 215 g/mol. The summed E-state index contributed by atoms with van der Waals surface area (Å²) in [6, 6.07) is 0. The zero-order chi connectivity index (χ0) is 11.7. The first-order valence-corrected chi connectivity index (χ1v) is 6.01. The molecule has 0 aliphatic heterocycles. The number of rotatable bonds is 9. The predicted octanol–water partition coefficient (Wildman–Crippen LogP) is 2.80. The Bertz CT molecular complexity index is 182. The van der Waals surface area contributed by atoms with Crippen molar-refractivity contribution in [3.05, 3.63) is 0 Å². The third kappa shape index (κ3) is 7.37. The zero-order valence-electron chi connectivity index (χ0n) is 10.3. The van der Waals surface area contributed by atoms with Crippen LogP contribution in [0.2, 0.25) is 0 Å². The summed E-state index contributed by atoms with van der Waals surface area (Å²) in [6.07, 6.45) is 5.95. The second kappa shape index (κ2) is 7.69. The van der Waals surface area contributed by atoms with E-state index >= 15 is 0 Å². The Morgan fingerprint density at radius 1 is 1.27 bits per heavy atom. The Kier molecular flexibility index (Phi) is 7.39. The molecule has 0 aromatic heterocycles. The van der Waals surface area contributed by atoms with Crippen LogP contribution in [0.1, 0.15) is 59.3 Å². The van der Waals surface area contributed by atoms with Crippen LogP contribution in [0.5, 0.6) is 0 Å². The van der Waals surface area contributed by atoms with Crippen molar-refractivity contribution in [3.8, 4) is 0 Å². The maximum absolute atomic E-state index is 10.7. The molecule has 0 heterocycles. The SMILES string of the molecule is CCCCCCC(C)(CC(=O)O)NCC. The highest BCUT2D eigenvalue weighted by molar-refractivity contribution is 5.68. The Hall–Kier alpha value is -0.570. The highest BCUT2D eigenvalue weighted by atomic mass is 16.4. The maximum atomic E-state index is 10.7. The quantitative estimate of drug-likeness (QED) is 0.581. The molecular weight excluding hydrogens is 190 g/mol. The van der Waals surface area contributed by atoms with Gasteiger partial charge < -0.3 is 10.4 Å². The molecular formula is C12H25NO2. The minimum Gasteiger partial charge on any atom is -0.481 e. The van der Waals surface area contributed by atoms with Crippen molar-refractivity contribution in [2.45, 2.75) is 64.8 Å². The van der Waals surface area contributed by atoms with Crippen molar-refractivity contribution in [3.63, 3.8) is 0 Å². The summed E-state index contributed by atoms with van der Waals surface area (Å²) in [5.41, 5.74) is -0.228. The fourth-order valence-corrected chi connectivity index (χ4v) is 1.94. The molecule has 1 unspecified atom stereocenters. The van der Waals surface area contributed by atoms with Gasteiger partial charge in [0, 0.05) is 5.54 Å². The van der Waals surface area contributed by atoms with Gasteiger partial charge in [-0.05, 0) is 19.9 Å². The van der Waals surface area contributed by atoms with Crippen LogP contribution in [0.4, 0.5) is 0 Å². The maximum Gasteiger partial charge on any atom is 0.305 e. The van der Waals surface area contributed by atoms with Crippen molar-refractivity contribution in [1.82, 2.24) is 5.32 Å². The Morgan fingerprint density at radius 3 is 2.40 bits per heavy atom. The number of carboxylic acids is 1. The van der Waals surface area contributed by atoms with Crippen molar-refractivity contribution < 1.29 is 9.90 Å². The van der Waals surface area contributed by atoms with Gasteiger partial charge in [0.1, 0.15) is 0 Å². The fourth-order valence-electron chi connectivity index (χ4n) is 1.94. The van der Waals surface area contributed by atoms with Gasteiger partial charge in [-0.15, -0.1) is 0 Å². The number of carboxylic acid groups (broad SMARTS) is 1. The van der Waals surface area contributed by atoms with E-state index < -0.39 is 5.97 Å². The van der Waals surface area contributed by atoms with Gasteiger partial charge in [-0.3, -0.25) is 4.79 Å². The number of hydrogen-bond acceptors (Lipinski definition) is 2. The molecule has 0 rings (SSSR count). The lowest BCUT2D eigenvalue weighted by molar-refractivity contribution is -0.138. The van der Waals surface area contributed by atoms with Crippen LogP contribution in [0, 0.1) is 0 Å². The number of unbranched alkanes of at least 4 members (excludes halogenated alkanes) is 3. The van der Waals surface area contributed by atoms with Crippen molar-refractivity contribution in [2.75, 3.05) is 6.54 Å². The van der Waals surface area contributed by atoms with E-state index in [0.29, 0.717) is 0 Å². The molecule has 0 saturated heterocycles. The van der Waals surface area contributed by atoms with Crippen LogP contribution in [0.15, 0.2) is 0 Å². The summed E-state index contributed by atoms with van der Waals surface area (Å²) < 4.78 is 0. The molecule has 0 saturated carbocycles. The Labute approximate surface area is 93.3 Å². The zero-order valence-corrected chi connectivity index (χ0v) is 10.3. The topological polar surface area (TPSA) is 49.3 Å². The van der Waals surface area contributed by atoms with Gasteiger partial charge in [0.05, 0.1) is 6.42 Å². The molecule has 0 fully saturated rings. The molecule has 15 heavy (non-hydrogen) atoms. The molecule has 0 aliphatic rings. The van der Waals surface area contributed by atoms with E-state index in [4.69, 9.17) is 5.11 Å². The van der Waals surface area contributed by atoms with E-state index in [9.17, 15) is 4.79 Å². The third-order valence-electron chi connectivity index (χ3n) is 2.73. The van der Waals surface area contributed by atoms with Crippen LogP contribution in [0.3, 0.4) is 0 Å². The molecule has 0 amide bonds. The number of aliphatic carboxylic acids is 1. The second-order valence-electron chi connectivity index (χ2n) is 4.47. The van der Waals surface area contributed by atoms with Crippen LogP contribution in [-0.2, 0) is 4.79 Å². The summed E-state index contributed by atoms with van der Waals surface area (Å²) in [5, 5.41) is 12.1. The first-order valence-electron chi connectivity index (χ1n) is 6.01. The summed E-state index contributed by atoms with van der Waals surface area (Å²) in [4.78, 5) is 10.7. The summed E-state index contributed by atoms with van der Waals surface area (Å²) in [5.74, 6) is -0.714.